The van der Waals surface area contributed by atoms with Crippen LogP contribution in [0, 0.1) is 17.8 Å². The number of para-hydroxylation sites is 1. The molecule has 180 valence electrons. The Balaban J connectivity index is 1.38. The lowest BCUT2D eigenvalue weighted by Gasteiger charge is -2.42. The number of carbonyl (C=O) groups is 2. The average Bonchev–Trinajstić information content (AvgIpc) is 3.30. The van der Waals surface area contributed by atoms with Gasteiger partial charge in [0.05, 0.1) is 12.0 Å². The summed E-state index contributed by atoms with van der Waals surface area (Å²) in [5.74, 6) is 1.04. The Hall–Kier alpha value is -2.82. The second-order valence-electron chi connectivity index (χ2n) is 10.7. The molecule has 1 saturated carbocycles. The highest BCUT2D eigenvalue weighted by molar-refractivity contribution is 5.94. The molecule has 2 aromatic rings. The van der Waals surface area contributed by atoms with Crippen LogP contribution in [0.3, 0.4) is 0 Å². The lowest BCUT2D eigenvalue weighted by Crippen LogP contribution is -2.50. The third-order valence-corrected chi connectivity index (χ3v) is 8.03. The van der Waals surface area contributed by atoms with Crippen LogP contribution >= 0.6 is 0 Å². The molecule has 0 bridgehead atoms. The molecule has 2 fully saturated rings. The second kappa shape index (κ2) is 9.81. The van der Waals surface area contributed by atoms with Gasteiger partial charge in [-0.25, -0.2) is 0 Å². The molecule has 5 rings (SSSR count). The molecule has 5 atom stereocenters. The zero-order chi connectivity index (χ0) is 23.7. The van der Waals surface area contributed by atoms with Gasteiger partial charge in [-0.1, -0.05) is 63.1 Å². The van der Waals surface area contributed by atoms with Crippen LogP contribution in [0.25, 0.3) is 0 Å². The van der Waals surface area contributed by atoms with E-state index in [1.807, 2.05) is 30.3 Å². The molecule has 5 heteroatoms. The van der Waals surface area contributed by atoms with E-state index < -0.39 is 0 Å². The molecule has 3 aliphatic rings. The van der Waals surface area contributed by atoms with Gasteiger partial charge >= 0.3 is 0 Å². The van der Waals surface area contributed by atoms with Crippen LogP contribution in [0.5, 0.6) is 0 Å². The zero-order valence-corrected chi connectivity index (χ0v) is 20.4. The molecule has 0 spiro atoms. The molecular weight excluding hydrogens is 422 g/mol. The SMILES string of the molecule is CC(C)C[C@H]1Nc2ccccc2[C@@H]2[C@H]1CCN2C(=O)[C@H]1CCCC[C@H]1NC(=O)c1ccccc1. The van der Waals surface area contributed by atoms with Crippen molar-refractivity contribution < 1.29 is 9.59 Å². The van der Waals surface area contributed by atoms with Crippen molar-refractivity contribution in [3.05, 3.63) is 65.7 Å². The molecule has 5 nitrogen and oxygen atoms in total. The lowest BCUT2D eigenvalue weighted by atomic mass is 9.79. The van der Waals surface area contributed by atoms with Gasteiger partial charge < -0.3 is 15.5 Å². The number of benzene rings is 2. The molecule has 2 aliphatic heterocycles. The van der Waals surface area contributed by atoms with Crippen LogP contribution in [-0.2, 0) is 4.79 Å². The normalized spacial score (nSPS) is 28.1. The predicted octanol–water partition coefficient (Wildman–Crippen LogP) is 5.41. The van der Waals surface area contributed by atoms with Gasteiger partial charge in [0.15, 0.2) is 0 Å². The van der Waals surface area contributed by atoms with Crippen molar-refractivity contribution in [2.24, 2.45) is 17.8 Å². The maximum absolute atomic E-state index is 14.1. The summed E-state index contributed by atoms with van der Waals surface area (Å²) in [5, 5.41) is 7.01. The predicted molar refractivity (Wildman–Crippen MR) is 136 cm³/mol. The summed E-state index contributed by atoms with van der Waals surface area (Å²) in [4.78, 5) is 29.1. The highest BCUT2D eigenvalue weighted by Gasteiger charge is 2.48. The van der Waals surface area contributed by atoms with Gasteiger partial charge in [-0.05, 0) is 55.4 Å². The number of rotatable bonds is 5. The number of likely N-dealkylation sites (tertiary alicyclic amines) is 1. The summed E-state index contributed by atoms with van der Waals surface area (Å²) in [6.07, 6.45) is 5.95. The van der Waals surface area contributed by atoms with Gasteiger partial charge in [0.2, 0.25) is 5.91 Å². The Morgan fingerprint density at radius 3 is 2.53 bits per heavy atom. The minimum Gasteiger partial charge on any atom is -0.382 e. The fourth-order valence-corrected chi connectivity index (χ4v) is 6.47. The van der Waals surface area contributed by atoms with E-state index in [1.165, 1.54) is 11.3 Å². The van der Waals surface area contributed by atoms with E-state index in [0.29, 0.717) is 23.4 Å². The van der Waals surface area contributed by atoms with Gasteiger partial charge in [-0.2, -0.15) is 0 Å². The number of nitrogens with one attached hydrogen (secondary N) is 2. The van der Waals surface area contributed by atoms with E-state index in [1.54, 1.807) is 0 Å². The van der Waals surface area contributed by atoms with E-state index in [2.05, 4.69) is 53.6 Å². The third-order valence-electron chi connectivity index (χ3n) is 8.03. The molecule has 0 radical (unpaired) electrons. The first-order valence-electron chi connectivity index (χ1n) is 13.0. The summed E-state index contributed by atoms with van der Waals surface area (Å²) in [5.41, 5.74) is 3.08. The zero-order valence-electron chi connectivity index (χ0n) is 20.4. The van der Waals surface area contributed by atoms with Crippen molar-refractivity contribution in [3.63, 3.8) is 0 Å². The van der Waals surface area contributed by atoms with Crippen molar-refractivity contribution in [2.75, 3.05) is 11.9 Å². The van der Waals surface area contributed by atoms with E-state index >= 15 is 0 Å². The highest BCUT2D eigenvalue weighted by atomic mass is 16.2. The van der Waals surface area contributed by atoms with Crippen molar-refractivity contribution in [2.45, 2.75) is 70.5 Å². The first kappa shape index (κ1) is 22.9. The Morgan fingerprint density at radius 1 is 1.00 bits per heavy atom. The number of fused-ring (bicyclic) bond motifs is 3. The molecule has 2 amide bonds. The Morgan fingerprint density at radius 2 is 1.74 bits per heavy atom. The van der Waals surface area contributed by atoms with E-state index in [-0.39, 0.29) is 29.8 Å². The van der Waals surface area contributed by atoms with E-state index in [9.17, 15) is 9.59 Å². The topological polar surface area (TPSA) is 61.4 Å². The molecule has 2 aromatic carbocycles. The smallest absolute Gasteiger partial charge is 0.251 e. The first-order chi connectivity index (χ1) is 16.5. The Labute approximate surface area is 203 Å². The van der Waals surface area contributed by atoms with Crippen molar-refractivity contribution in [1.82, 2.24) is 10.2 Å². The molecule has 34 heavy (non-hydrogen) atoms. The number of carbonyl (C=O) groups excluding carboxylic acids is 2. The molecule has 0 unspecified atom stereocenters. The van der Waals surface area contributed by atoms with E-state index in [0.717, 1.165) is 45.1 Å². The number of nitrogens with zero attached hydrogens (tertiary/aromatic N) is 1. The lowest BCUT2D eigenvalue weighted by molar-refractivity contribution is -0.138. The van der Waals surface area contributed by atoms with Crippen LogP contribution in [-0.4, -0.2) is 35.3 Å². The van der Waals surface area contributed by atoms with Gasteiger partial charge in [0.25, 0.3) is 5.91 Å². The monoisotopic (exact) mass is 459 g/mol. The highest BCUT2D eigenvalue weighted by Crippen LogP contribution is 2.48. The number of hydrogen-bond acceptors (Lipinski definition) is 3. The van der Waals surface area contributed by atoms with Gasteiger partial charge in [-0.15, -0.1) is 0 Å². The molecule has 1 aliphatic carbocycles. The van der Waals surface area contributed by atoms with Crippen molar-refractivity contribution in [3.8, 4) is 0 Å². The molecule has 2 heterocycles. The molecule has 2 N–H and O–H groups in total. The maximum atomic E-state index is 14.1. The van der Waals surface area contributed by atoms with Crippen LogP contribution < -0.4 is 10.6 Å². The van der Waals surface area contributed by atoms with Crippen LogP contribution in [0.15, 0.2) is 54.6 Å². The number of anilines is 1. The summed E-state index contributed by atoms with van der Waals surface area (Å²) in [7, 11) is 0. The largest absolute Gasteiger partial charge is 0.382 e. The second-order valence-corrected chi connectivity index (χ2v) is 10.7. The van der Waals surface area contributed by atoms with Gasteiger partial charge in [0.1, 0.15) is 0 Å². The number of hydrogen-bond donors (Lipinski definition) is 2. The maximum Gasteiger partial charge on any atom is 0.251 e. The number of amides is 2. The van der Waals surface area contributed by atoms with Crippen LogP contribution in [0.4, 0.5) is 5.69 Å². The standard InChI is InChI=1S/C29H37N3O2/c1-19(2)18-26-22-16-17-32(27(22)21-12-6-8-14-24(21)30-26)29(34)23-13-7-9-15-25(23)31-28(33)20-10-4-3-5-11-20/h3-6,8,10-12,14,19,22-23,25-27,30H,7,9,13,15-18H2,1-2H3,(H,31,33)/t22-,23-,25+,26+,27+/m0/s1. The Bertz CT molecular complexity index is 1020. The molecule has 1 saturated heterocycles. The van der Waals surface area contributed by atoms with E-state index in [4.69, 9.17) is 0 Å². The Kier molecular flexibility index (Phi) is 6.62. The summed E-state index contributed by atoms with van der Waals surface area (Å²) in [6.45, 7) is 5.35. The molecular formula is C29H37N3O2. The van der Waals surface area contributed by atoms with Crippen LogP contribution in [0.2, 0.25) is 0 Å². The van der Waals surface area contributed by atoms with Crippen LogP contribution in [0.1, 0.15) is 74.3 Å². The van der Waals surface area contributed by atoms with Gasteiger partial charge in [-0.3, -0.25) is 9.59 Å². The van der Waals surface area contributed by atoms with Crippen molar-refractivity contribution >= 4 is 17.5 Å². The van der Waals surface area contributed by atoms with Crippen molar-refractivity contribution in [1.29, 1.82) is 0 Å². The summed E-state index contributed by atoms with van der Waals surface area (Å²) in [6, 6.07) is 18.3. The minimum atomic E-state index is -0.147. The summed E-state index contributed by atoms with van der Waals surface area (Å²) >= 11 is 0. The fourth-order valence-electron chi connectivity index (χ4n) is 6.47. The average molecular weight is 460 g/mol. The first-order valence-corrected chi connectivity index (χ1v) is 13.0. The van der Waals surface area contributed by atoms with Gasteiger partial charge in [0, 0.05) is 35.8 Å². The minimum absolute atomic E-state index is 0.0752. The summed E-state index contributed by atoms with van der Waals surface area (Å²) < 4.78 is 0. The fraction of sp³-hybridized carbons (Fsp3) is 0.517. The molecule has 0 aromatic heterocycles. The third kappa shape index (κ3) is 4.45. The quantitative estimate of drug-likeness (QED) is 0.629.